The van der Waals surface area contributed by atoms with Gasteiger partial charge in [-0.25, -0.2) is 18.4 Å². The molecule has 2 aromatic carbocycles. The molecule has 0 bridgehead atoms. The third-order valence-corrected chi connectivity index (χ3v) is 4.45. The van der Waals surface area contributed by atoms with Crippen molar-refractivity contribution in [2.45, 2.75) is 18.2 Å². The van der Waals surface area contributed by atoms with Gasteiger partial charge in [0, 0.05) is 12.7 Å². The Morgan fingerprint density at radius 1 is 1.08 bits per heavy atom. The molecule has 0 radical (unpaired) electrons. The number of hydrogen-bond acceptors (Lipinski definition) is 3. The second-order valence-corrected chi connectivity index (χ2v) is 7.14. The monoisotopic (exact) mass is 359 g/mol. The fraction of sp³-hybridized carbons (Fsp3) is 0.167. The highest BCUT2D eigenvalue weighted by Crippen LogP contribution is 2.09. The number of urea groups is 1. The van der Waals surface area contributed by atoms with E-state index in [-0.39, 0.29) is 10.9 Å². The summed E-state index contributed by atoms with van der Waals surface area (Å²) in [6.07, 6.45) is 3.98. The molecule has 2 amide bonds. The number of amides is 2. The maximum atomic E-state index is 11.7. The lowest BCUT2D eigenvalue weighted by atomic mass is 10.1. The number of carbonyl (C=O) groups excluding carboxylic acids is 1. The van der Waals surface area contributed by atoms with Crippen molar-refractivity contribution >= 4 is 22.1 Å². The number of nitrogens with two attached hydrogens (primary N) is 1. The molecule has 2 aromatic rings. The van der Waals surface area contributed by atoms with Crippen LogP contribution in [0.15, 0.2) is 59.6 Å². The first-order valence-corrected chi connectivity index (χ1v) is 9.28. The highest BCUT2D eigenvalue weighted by Gasteiger charge is 2.06. The van der Waals surface area contributed by atoms with Crippen molar-refractivity contribution in [1.82, 2.24) is 10.6 Å². The van der Waals surface area contributed by atoms with E-state index in [4.69, 9.17) is 5.14 Å². The van der Waals surface area contributed by atoms with Crippen LogP contribution in [-0.4, -0.2) is 21.0 Å². The van der Waals surface area contributed by atoms with E-state index < -0.39 is 10.0 Å². The third kappa shape index (κ3) is 6.40. The summed E-state index contributed by atoms with van der Waals surface area (Å²) in [4.78, 5) is 11.8. The van der Waals surface area contributed by atoms with Crippen LogP contribution in [0.4, 0.5) is 4.79 Å². The Labute approximate surface area is 147 Å². The fourth-order valence-electron chi connectivity index (χ4n) is 2.11. The van der Waals surface area contributed by atoms with Crippen molar-refractivity contribution in [1.29, 1.82) is 0 Å². The third-order valence-electron chi connectivity index (χ3n) is 3.52. The van der Waals surface area contributed by atoms with Crippen LogP contribution in [0.1, 0.15) is 16.7 Å². The van der Waals surface area contributed by atoms with Crippen LogP contribution in [0, 0.1) is 6.92 Å². The molecule has 132 valence electrons. The average Bonchev–Trinajstić information content (AvgIpc) is 2.56. The smallest absolute Gasteiger partial charge is 0.318 e. The molecule has 4 N–H and O–H groups in total. The Bertz CT molecular complexity index is 842. The van der Waals surface area contributed by atoms with Crippen molar-refractivity contribution in [2.24, 2.45) is 5.14 Å². The Morgan fingerprint density at radius 3 is 2.32 bits per heavy atom. The number of primary sulfonamides is 1. The van der Waals surface area contributed by atoms with Gasteiger partial charge in [0.05, 0.1) is 4.90 Å². The molecule has 0 aliphatic rings. The summed E-state index contributed by atoms with van der Waals surface area (Å²) in [6.45, 7) is 2.45. The normalized spacial score (nSPS) is 11.4. The van der Waals surface area contributed by atoms with E-state index in [0.29, 0.717) is 13.0 Å². The van der Waals surface area contributed by atoms with Gasteiger partial charge in [0.15, 0.2) is 0 Å². The van der Waals surface area contributed by atoms with E-state index >= 15 is 0 Å². The van der Waals surface area contributed by atoms with E-state index in [1.54, 1.807) is 18.3 Å². The molecule has 0 aliphatic carbocycles. The maximum Gasteiger partial charge on any atom is 0.318 e. The Morgan fingerprint density at radius 2 is 1.72 bits per heavy atom. The molecule has 0 saturated carbocycles. The largest absolute Gasteiger partial charge is 0.338 e. The second-order valence-electron chi connectivity index (χ2n) is 5.58. The van der Waals surface area contributed by atoms with Gasteiger partial charge in [-0.15, -0.1) is 0 Å². The summed E-state index contributed by atoms with van der Waals surface area (Å²) in [5, 5.41) is 10.4. The van der Waals surface area contributed by atoms with E-state index in [9.17, 15) is 13.2 Å². The minimum absolute atomic E-state index is 0.0724. The topological polar surface area (TPSA) is 101 Å². The fourth-order valence-corrected chi connectivity index (χ4v) is 2.62. The summed E-state index contributed by atoms with van der Waals surface area (Å²) < 4.78 is 22.3. The number of carbonyl (C=O) groups is 1. The average molecular weight is 359 g/mol. The number of sulfonamides is 1. The van der Waals surface area contributed by atoms with Gasteiger partial charge in [-0.2, -0.15) is 0 Å². The molecule has 25 heavy (non-hydrogen) atoms. The van der Waals surface area contributed by atoms with Crippen LogP contribution in [0.2, 0.25) is 0 Å². The van der Waals surface area contributed by atoms with Gasteiger partial charge in [0.2, 0.25) is 10.0 Å². The van der Waals surface area contributed by atoms with E-state index in [1.807, 2.05) is 37.3 Å². The zero-order chi connectivity index (χ0) is 18.3. The lowest BCUT2D eigenvalue weighted by Gasteiger charge is -2.05. The molecule has 0 aliphatic heterocycles. The van der Waals surface area contributed by atoms with Gasteiger partial charge in [-0.05, 0) is 42.7 Å². The molecule has 0 saturated heterocycles. The molecule has 0 heterocycles. The zero-order valence-corrected chi connectivity index (χ0v) is 14.7. The Hall–Kier alpha value is -2.64. The van der Waals surface area contributed by atoms with Gasteiger partial charge in [-0.1, -0.05) is 42.0 Å². The molecular weight excluding hydrogens is 338 g/mol. The van der Waals surface area contributed by atoms with Gasteiger partial charge >= 0.3 is 6.03 Å². The van der Waals surface area contributed by atoms with E-state index in [0.717, 1.165) is 11.1 Å². The van der Waals surface area contributed by atoms with Crippen molar-refractivity contribution in [2.75, 3.05) is 6.54 Å². The summed E-state index contributed by atoms with van der Waals surface area (Å²) in [6, 6.07) is 13.9. The molecule has 6 nitrogen and oxygen atoms in total. The van der Waals surface area contributed by atoms with Crippen LogP contribution in [0.5, 0.6) is 0 Å². The summed E-state index contributed by atoms with van der Waals surface area (Å²) in [7, 11) is -3.68. The first kappa shape index (κ1) is 18.7. The van der Waals surface area contributed by atoms with Crippen LogP contribution in [0.25, 0.3) is 6.08 Å². The highest BCUT2D eigenvalue weighted by molar-refractivity contribution is 7.89. The number of benzene rings is 2. The molecule has 0 atom stereocenters. The quantitative estimate of drug-likeness (QED) is 0.736. The predicted molar refractivity (Wildman–Crippen MR) is 98.3 cm³/mol. The highest BCUT2D eigenvalue weighted by atomic mass is 32.2. The van der Waals surface area contributed by atoms with E-state index in [2.05, 4.69) is 10.6 Å². The number of rotatable bonds is 6. The van der Waals surface area contributed by atoms with Crippen LogP contribution in [-0.2, 0) is 16.4 Å². The van der Waals surface area contributed by atoms with Gasteiger partial charge in [0.1, 0.15) is 0 Å². The number of nitrogens with one attached hydrogen (secondary N) is 2. The molecular formula is C18H21N3O3S. The summed E-state index contributed by atoms with van der Waals surface area (Å²) in [5.41, 5.74) is 3.09. The molecule has 0 fully saturated rings. The number of aryl methyl sites for hydroxylation is 1. The zero-order valence-electron chi connectivity index (χ0n) is 13.9. The van der Waals surface area contributed by atoms with Crippen LogP contribution >= 0.6 is 0 Å². The van der Waals surface area contributed by atoms with Crippen LogP contribution < -0.4 is 15.8 Å². The van der Waals surface area contributed by atoms with Gasteiger partial charge < -0.3 is 10.6 Å². The van der Waals surface area contributed by atoms with E-state index in [1.165, 1.54) is 17.7 Å². The van der Waals surface area contributed by atoms with Gasteiger partial charge in [-0.3, -0.25) is 0 Å². The Kier molecular flexibility index (Phi) is 6.32. The Balaban J connectivity index is 1.74. The first-order chi connectivity index (χ1) is 11.8. The minimum atomic E-state index is -3.68. The van der Waals surface area contributed by atoms with Crippen molar-refractivity contribution < 1.29 is 13.2 Å². The minimum Gasteiger partial charge on any atom is -0.338 e. The number of hydrogen-bond donors (Lipinski definition) is 3. The first-order valence-electron chi connectivity index (χ1n) is 7.74. The molecule has 7 heteroatoms. The van der Waals surface area contributed by atoms with Crippen LogP contribution in [0.3, 0.4) is 0 Å². The maximum absolute atomic E-state index is 11.7. The van der Waals surface area contributed by atoms with Crippen molar-refractivity contribution in [3.8, 4) is 0 Å². The lowest BCUT2D eigenvalue weighted by Crippen LogP contribution is -2.33. The molecule has 0 unspecified atom stereocenters. The standard InChI is InChI=1S/C18H21N3O3S/c1-14-2-4-15(5-3-14)10-12-20-18(22)21-13-11-16-6-8-17(9-7-16)25(19,23)24/h2-10,12H,11,13H2,1H3,(H2,19,23,24)(H2,20,21,22)/b12-10+. The second kappa shape index (κ2) is 8.46. The molecule has 0 aromatic heterocycles. The van der Waals surface area contributed by atoms with Crippen molar-refractivity contribution in [3.05, 3.63) is 71.4 Å². The predicted octanol–water partition coefficient (Wildman–Crippen LogP) is 2.16. The summed E-state index contributed by atoms with van der Waals surface area (Å²) in [5.74, 6) is 0. The van der Waals surface area contributed by atoms with Gasteiger partial charge in [0.25, 0.3) is 0 Å². The molecule has 2 rings (SSSR count). The molecule has 0 spiro atoms. The lowest BCUT2D eigenvalue weighted by molar-refractivity contribution is 0.244. The summed E-state index contributed by atoms with van der Waals surface area (Å²) >= 11 is 0. The SMILES string of the molecule is Cc1ccc(/C=C/NC(=O)NCCc2ccc(S(N)(=O)=O)cc2)cc1. The van der Waals surface area contributed by atoms with Crippen molar-refractivity contribution in [3.63, 3.8) is 0 Å².